The highest BCUT2D eigenvalue weighted by atomic mass is 35.5. The van der Waals surface area contributed by atoms with Gasteiger partial charge in [-0.3, -0.25) is 0 Å². The highest BCUT2D eigenvalue weighted by molar-refractivity contribution is 7.08. The molecule has 0 amide bonds. The van der Waals surface area contributed by atoms with Crippen LogP contribution >= 0.6 is 36.2 Å². The van der Waals surface area contributed by atoms with Crippen molar-refractivity contribution in [1.82, 2.24) is 0 Å². The molecule has 1 unspecified atom stereocenters. The van der Waals surface area contributed by atoms with Crippen LogP contribution in [0.4, 0.5) is 5.69 Å². The molecule has 2 heterocycles. The van der Waals surface area contributed by atoms with Crippen molar-refractivity contribution in [3.63, 3.8) is 0 Å². The van der Waals surface area contributed by atoms with Crippen molar-refractivity contribution in [2.24, 2.45) is 11.5 Å². The monoisotopic (exact) mass is 359 g/mol. The van der Waals surface area contributed by atoms with E-state index >= 15 is 0 Å². The van der Waals surface area contributed by atoms with Crippen molar-refractivity contribution in [3.8, 4) is 5.75 Å². The highest BCUT2D eigenvalue weighted by Crippen LogP contribution is 2.36. The SMILES string of the molecule is CC1=C(N)Nc2cc(C(C)(N)c3ccsc3)ccc2O1.Cl.Cl. The first-order chi connectivity index (χ1) is 9.48. The molecule has 1 aromatic heterocycles. The van der Waals surface area contributed by atoms with Crippen LogP contribution in [0, 0.1) is 0 Å². The lowest BCUT2D eigenvalue weighted by molar-refractivity contribution is 0.415. The molecule has 0 fully saturated rings. The summed E-state index contributed by atoms with van der Waals surface area (Å²) in [6.45, 7) is 3.84. The summed E-state index contributed by atoms with van der Waals surface area (Å²) in [5.41, 5.74) is 14.8. The molecule has 1 aliphatic heterocycles. The lowest BCUT2D eigenvalue weighted by atomic mass is 9.87. The van der Waals surface area contributed by atoms with Crippen molar-refractivity contribution < 1.29 is 4.74 Å². The van der Waals surface area contributed by atoms with Gasteiger partial charge >= 0.3 is 0 Å². The van der Waals surface area contributed by atoms with E-state index in [0.717, 1.165) is 22.6 Å². The van der Waals surface area contributed by atoms with Gasteiger partial charge < -0.3 is 21.5 Å². The first-order valence-electron chi connectivity index (χ1n) is 6.36. The second-order valence-corrected chi connectivity index (χ2v) is 5.90. The van der Waals surface area contributed by atoms with Crippen molar-refractivity contribution in [3.05, 3.63) is 57.7 Å². The second kappa shape index (κ2) is 6.79. The molecule has 0 radical (unpaired) electrons. The number of anilines is 1. The average Bonchev–Trinajstić information content (AvgIpc) is 2.94. The molecule has 0 saturated heterocycles. The third kappa shape index (κ3) is 3.17. The molecule has 5 N–H and O–H groups in total. The summed E-state index contributed by atoms with van der Waals surface area (Å²) in [5, 5.41) is 7.25. The first-order valence-corrected chi connectivity index (χ1v) is 7.30. The Morgan fingerprint density at radius 3 is 2.55 bits per heavy atom. The van der Waals surface area contributed by atoms with Gasteiger partial charge in [-0.25, -0.2) is 0 Å². The van der Waals surface area contributed by atoms with E-state index in [1.54, 1.807) is 11.3 Å². The zero-order chi connectivity index (χ0) is 14.3. The number of thiophene rings is 1. The van der Waals surface area contributed by atoms with Crippen LogP contribution in [0.5, 0.6) is 5.75 Å². The number of allylic oxidation sites excluding steroid dienone is 1. The van der Waals surface area contributed by atoms with Gasteiger partial charge in [-0.2, -0.15) is 11.3 Å². The summed E-state index contributed by atoms with van der Waals surface area (Å²) in [5.74, 6) is 1.98. The van der Waals surface area contributed by atoms with Crippen LogP contribution in [0.2, 0.25) is 0 Å². The van der Waals surface area contributed by atoms with Gasteiger partial charge in [-0.05, 0) is 53.9 Å². The molecule has 1 atom stereocenters. The maximum atomic E-state index is 6.49. The number of benzene rings is 1. The van der Waals surface area contributed by atoms with Crippen LogP contribution in [-0.4, -0.2) is 0 Å². The van der Waals surface area contributed by atoms with Crippen LogP contribution in [0.3, 0.4) is 0 Å². The number of halogens is 2. The largest absolute Gasteiger partial charge is 0.456 e. The lowest BCUT2D eigenvalue weighted by Gasteiger charge is -2.27. The Morgan fingerprint density at radius 2 is 1.91 bits per heavy atom. The normalized spacial score (nSPS) is 15.4. The van der Waals surface area contributed by atoms with E-state index in [1.165, 1.54) is 0 Å². The predicted molar refractivity (Wildman–Crippen MR) is 97.0 cm³/mol. The standard InChI is InChI=1S/C15H17N3OS.2ClH/c1-9-14(16)18-12-7-10(3-4-13(12)19-9)15(2,17)11-5-6-20-8-11;;/h3-8,18H,16-17H2,1-2H3;2*1H. The quantitative estimate of drug-likeness (QED) is 0.762. The molecule has 4 nitrogen and oxygen atoms in total. The molecule has 22 heavy (non-hydrogen) atoms. The molecule has 0 bridgehead atoms. The molecule has 1 aliphatic rings. The molecule has 120 valence electrons. The molecule has 2 aromatic rings. The third-order valence-electron chi connectivity index (χ3n) is 3.61. The zero-order valence-corrected chi connectivity index (χ0v) is 14.7. The van der Waals surface area contributed by atoms with E-state index in [4.69, 9.17) is 16.2 Å². The van der Waals surface area contributed by atoms with Crippen molar-refractivity contribution in [2.45, 2.75) is 19.4 Å². The summed E-state index contributed by atoms with van der Waals surface area (Å²) < 4.78 is 5.66. The Balaban J connectivity index is 0.00000121. The number of hydrogen-bond donors (Lipinski definition) is 3. The highest BCUT2D eigenvalue weighted by Gasteiger charge is 2.26. The van der Waals surface area contributed by atoms with Gasteiger partial charge in [0.05, 0.1) is 11.2 Å². The molecule has 3 rings (SSSR count). The minimum atomic E-state index is -0.540. The number of fused-ring (bicyclic) bond motifs is 1. The van der Waals surface area contributed by atoms with Crippen molar-refractivity contribution in [2.75, 3.05) is 5.32 Å². The summed E-state index contributed by atoms with van der Waals surface area (Å²) in [6.07, 6.45) is 0. The molecular formula is C15H19Cl2N3OS. The second-order valence-electron chi connectivity index (χ2n) is 5.12. The fourth-order valence-electron chi connectivity index (χ4n) is 2.22. The Kier molecular flexibility index (Phi) is 5.76. The Hall–Kier alpha value is -1.40. The Labute approximate surface area is 146 Å². The number of nitrogens with one attached hydrogen (secondary N) is 1. The van der Waals surface area contributed by atoms with E-state index in [0.29, 0.717) is 11.6 Å². The summed E-state index contributed by atoms with van der Waals surface area (Å²) in [7, 11) is 0. The minimum Gasteiger partial charge on any atom is -0.456 e. The van der Waals surface area contributed by atoms with E-state index < -0.39 is 5.54 Å². The van der Waals surface area contributed by atoms with Gasteiger partial charge in [-0.1, -0.05) is 6.07 Å². The summed E-state index contributed by atoms with van der Waals surface area (Å²) in [4.78, 5) is 0. The van der Waals surface area contributed by atoms with Gasteiger partial charge in [0.1, 0.15) is 11.6 Å². The van der Waals surface area contributed by atoms with Crippen LogP contribution in [0.15, 0.2) is 46.6 Å². The molecule has 1 aromatic carbocycles. The minimum absolute atomic E-state index is 0. The first kappa shape index (κ1) is 18.6. The lowest BCUT2D eigenvalue weighted by Crippen LogP contribution is -2.34. The third-order valence-corrected chi connectivity index (χ3v) is 4.30. The maximum Gasteiger partial charge on any atom is 0.150 e. The topological polar surface area (TPSA) is 73.3 Å². The van der Waals surface area contributed by atoms with Gasteiger partial charge in [0.2, 0.25) is 0 Å². The number of hydrogen-bond acceptors (Lipinski definition) is 5. The molecule has 0 spiro atoms. The summed E-state index contributed by atoms with van der Waals surface area (Å²) >= 11 is 1.64. The summed E-state index contributed by atoms with van der Waals surface area (Å²) in [6, 6.07) is 7.96. The van der Waals surface area contributed by atoms with E-state index in [9.17, 15) is 0 Å². The zero-order valence-electron chi connectivity index (χ0n) is 12.3. The molecule has 0 aliphatic carbocycles. The van der Waals surface area contributed by atoms with Gasteiger partial charge in [0.15, 0.2) is 5.75 Å². The van der Waals surface area contributed by atoms with Crippen molar-refractivity contribution >= 4 is 41.8 Å². The smallest absolute Gasteiger partial charge is 0.150 e. The Bertz CT molecular complexity index is 684. The van der Waals surface area contributed by atoms with Gasteiger partial charge in [0.25, 0.3) is 0 Å². The molecular weight excluding hydrogens is 341 g/mol. The van der Waals surface area contributed by atoms with Crippen LogP contribution in [-0.2, 0) is 5.54 Å². The predicted octanol–water partition coefficient (Wildman–Crippen LogP) is 3.77. The van der Waals surface area contributed by atoms with E-state index in [1.807, 2.05) is 43.5 Å². The van der Waals surface area contributed by atoms with Crippen LogP contribution in [0.25, 0.3) is 0 Å². The van der Waals surface area contributed by atoms with Crippen LogP contribution in [0.1, 0.15) is 25.0 Å². The number of rotatable bonds is 2. The maximum absolute atomic E-state index is 6.49. The van der Waals surface area contributed by atoms with Crippen LogP contribution < -0.4 is 21.5 Å². The fourth-order valence-corrected chi connectivity index (χ4v) is 2.99. The average molecular weight is 360 g/mol. The van der Waals surface area contributed by atoms with Gasteiger partial charge in [0, 0.05) is 0 Å². The number of ether oxygens (including phenoxy) is 1. The fraction of sp³-hybridized carbons (Fsp3) is 0.200. The number of nitrogens with two attached hydrogens (primary N) is 2. The Morgan fingerprint density at radius 1 is 1.18 bits per heavy atom. The van der Waals surface area contributed by atoms with Crippen molar-refractivity contribution in [1.29, 1.82) is 0 Å². The molecule has 0 saturated carbocycles. The van der Waals surface area contributed by atoms with E-state index in [-0.39, 0.29) is 24.8 Å². The van der Waals surface area contributed by atoms with Gasteiger partial charge in [-0.15, -0.1) is 24.8 Å². The molecule has 7 heteroatoms. The van der Waals surface area contributed by atoms with E-state index in [2.05, 4.69) is 10.7 Å².